The number of aromatic nitrogens is 4. The molecule has 0 spiro atoms. The number of halogens is 4. The van der Waals surface area contributed by atoms with Crippen LogP contribution in [0.15, 0.2) is 67.0 Å². The Hall–Kier alpha value is -3.94. The van der Waals surface area contributed by atoms with Gasteiger partial charge in [0.2, 0.25) is 0 Å². The van der Waals surface area contributed by atoms with Gasteiger partial charge in [0.1, 0.15) is 11.8 Å². The fourth-order valence-electron chi connectivity index (χ4n) is 5.87. The Kier molecular flexibility index (Phi) is 9.08. The lowest BCUT2D eigenvalue weighted by atomic mass is 9.98. The smallest absolute Gasteiger partial charge is 0.165 e. The third-order valence-corrected chi connectivity index (χ3v) is 9.14. The minimum Gasteiger partial charge on any atom is -0.371 e. The summed E-state index contributed by atoms with van der Waals surface area (Å²) >= 11 is 19.0. The second-order valence-electron chi connectivity index (χ2n) is 12.4. The molecule has 1 aliphatic heterocycles. The number of fused-ring (bicyclic) bond motifs is 1. The Balaban J connectivity index is 1.38. The fraction of sp³-hybridized carbons (Fsp3) is 0.294. The number of anilines is 3. The maximum absolute atomic E-state index is 14.9. The first-order valence-corrected chi connectivity index (χ1v) is 16.1. The van der Waals surface area contributed by atoms with Crippen LogP contribution in [-0.2, 0) is 0 Å². The van der Waals surface area contributed by atoms with Crippen molar-refractivity contribution in [1.82, 2.24) is 24.9 Å². The molecule has 46 heavy (non-hydrogen) atoms. The summed E-state index contributed by atoms with van der Waals surface area (Å²) in [7, 11) is 0. The van der Waals surface area contributed by atoms with Crippen molar-refractivity contribution in [3.05, 3.63) is 105 Å². The molecular formula is C34H32Cl3FN8. The van der Waals surface area contributed by atoms with Gasteiger partial charge < -0.3 is 10.6 Å². The predicted molar refractivity (Wildman–Crippen MR) is 183 cm³/mol. The van der Waals surface area contributed by atoms with Crippen molar-refractivity contribution in [2.24, 2.45) is 0 Å². The second-order valence-corrected chi connectivity index (χ2v) is 13.7. The predicted octanol–water partition coefficient (Wildman–Crippen LogP) is 9.18. The van der Waals surface area contributed by atoms with Gasteiger partial charge >= 0.3 is 0 Å². The quantitative estimate of drug-likeness (QED) is 0.177. The van der Waals surface area contributed by atoms with Crippen molar-refractivity contribution in [1.29, 1.82) is 5.26 Å². The number of nitrogens with zero attached hydrogens (tertiary/aromatic N) is 6. The molecular weight excluding hydrogens is 646 g/mol. The summed E-state index contributed by atoms with van der Waals surface area (Å²) in [6, 6.07) is 17.6. The summed E-state index contributed by atoms with van der Waals surface area (Å²) in [4.78, 5) is 7.12. The van der Waals surface area contributed by atoms with Crippen molar-refractivity contribution < 1.29 is 4.39 Å². The molecule has 0 radical (unpaired) electrons. The molecule has 2 N–H and O–H groups in total. The number of benzene rings is 3. The number of likely N-dealkylation sites (tertiary alicyclic amines) is 1. The van der Waals surface area contributed by atoms with Gasteiger partial charge in [-0.3, -0.25) is 9.88 Å². The van der Waals surface area contributed by atoms with E-state index in [1.54, 1.807) is 24.3 Å². The molecule has 1 fully saturated rings. The number of hydrogen-bond acceptors (Lipinski definition) is 7. The monoisotopic (exact) mass is 676 g/mol. The summed E-state index contributed by atoms with van der Waals surface area (Å²) in [6.45, 7) is 8.71. The lowest BCUT2D eigenvalue weighted by Gasteiger charge is -2.40. The molecule has 0 aliphatic carbocycles. The SMILES string of the molecule is CC(C)(C)N1CCC(n2cc([C@@H](Nc3cc(Cl)cc4c(Nc5cccc(Cl)c5F)c(C#N)cnc34)c3ccc(Cl)cc3)nn2)CC1. The van der Waals surface area contributed by atoms with Gasteiger partial charge in [-0.1, -0.05) is 58.2 Å². The first-order valence-electron chi connectivity index (χ1n) is 14.9. The molecule has 5 aromatic rings. The molecule has 0 saturated carbocycles. The first kappa shape index (κ1) is 32.0. The van der Waals surface area contributed by atoms with Gasteiger partial charge in [-0.15, -0.1) is 5.10 Å². The zero-order valence-corrected chi connectivity index (χ0v) is 27.8. The highest BCUT2D eigenvalue weighted by atomic mass is 35.5. The van der Waals surface area contributed by atoms with Crippen LogP contribution in [0.5, 0.6) is 0 Å². The van der Waals surface area contributed by atoms with Crippen molar-refractivity contribution in [3.8, 4) is 6.07 Å². The molecule has 1 aliphatic rings. The van der Waals surface area contributed by atoms with E-state index in [1.807, 2.05) is 35.1 Å². The van der Waals surface area contributed by atoms with E-state index in [1.165, 1.54) is 12.3 Å². The highest BCUT2D eigenvalue weighted by Gasteiger charge is 2.29. The average Bonchev–Trinajstić information content (AvgIpc) is 3.52. The minimum atomic E-state index is -0.631. The van der Waals surface area contributed by atoms with Crippen LogP contribution in [0.3, 0.4) is 0 Å². The topological polar surface area (TPSA) is 94.7 Å². The van der Waals surface area contributed by atoms with Crippen LogP contribution in [0.1, 0.15) is 62.5 Å². The van der Waals surface area contributed by atoms with Crippen LogP contribution in [0, 0.1) is 17.1 Å². The zero-order chi connectivity index (χ0) is 32.6. The normalized spacial score (nSPS) is 15.1. The molecule has 236 valence electrons. The molecule has 3 heterocycles. The molecule has 2 aromatic heterocycles. The van der Waals surface area contributed by atoms with E-state index in [0.29, 0.717) is 38.0 Å². The van der Waals surface area contributed by atoms with Crippen LogP contribution >= 0.6 is 34.8 Å². The Morgan fingerprint density at radius 3 is 2.43 bits per heavy atom. The largest absolute Gasteiger partial charge is 0.371 e. The van der Waals surface area contributed by atoms with Gasteiger partial charge in [-0.05, 0) is 75.6 Å². The van der Waals surface area contributed by atoms with E-state index in [4.69, 9.17) is 34.8 Å². The number of pyridine rings is 1. The van der Waals surface area contributed by atoms with Crippen molar-refractivity contribution in [2.75, 3.05) is 23.7 Å². The minimum absolute atomic E-state index is 0.0409. The van der Waals surface area contributed by atoms with Crippen molar-refractivity contribution in [2.45, 2.75) is 51.2 Å². The van der Waals surface area contributed by atoms with Gasteiger partial charge in [0.25, 0.3) is 0 Å². The van der Waals surface area contributed by atoms with Crippen LogP contribution in [0.2, 0.25) is 15.1 Å². The highest BCUT2D eigenvalue weighted by molar-refractivity contribution is 6.32. The maximum Gasteiger partial charge on any atom is 0.165 e. The van der Waals surface area contributed by atoms with Gasteiger partial charge in [-0.2, -0.15) is 5.26 Å². The van der Waals surface area contributed by atoms with Gasteiger partial charge in [0, 0.05) is 40.3 Å². The summed E-state index contributed by atoms with van der Waals surface area (Å²) < 4.78 is 16.9. The lowest BCUT2D eigenvalue weighted by molar-refractivity contribution is 0.0866. The third-order valence-electron chi connectivity index (χ3n) is 8.38. The van der Waals surface area contributed by atoms with E-state index >= 15 is 0 Å². The Bertz CT molecular complexity index is 1920. The molecule has 0 bridgehead atoms. The molecule has 1 saturated heterocycles. The van der Waals surface area contributed by atoms with Crippen LogP contribution in [0.4, 0.5) is 21.5 Å². The number of piperidine rings is 1. The summed E-state index contributed by atoms with van der Waals surface area (Å²) in [5.74, 6) is -0.631. The van der Waals surface area contributed by atoms with Crippen molar-refractivity contribution in [3.63, 3.8) is 0 Å². The number of hydrogen-bond donors (Lipinski definition) is 2. The number of nitrogens with one attached hydrogen (secondary N) is 2. The van der Waals surface area contributed by atoms with E-state index in [-0.39, 0.29) is 27.9 Å². The van der Waals surface area contributed by atoms with Crippen LogP contribution in [-0.4, -0.2) is 43.5 Å². The summed E-state index contributed by atoms with van der Waals surface area (Å²) in [5.41, 5.74) is 3.55. The molecule has 0 unspecified atom stereocenters. The lowest BCUT2D eigenvalue weighted by Crippen LogP contribution is -2.46. The fourth-order valence-corrected chi connectivity index (χ4v) is 6.39. The maximum atomic E-state index is 14.9. The Morgan fingerprint density at radius 2 is 1.74 bits per heavy atom. The molecule has 8 nitrogen and oxygen atoms in total. The molecule has 1 atom stereocenters. The van der Waals surface area contributed by atoms with Gasteiger partial charge in [0.05, 0.1) is 51.4 Å². The summed E-state index contributed by atoms with van der Waals surface area (Å²) in [6.07, 6.45) is 5.40. The summed E-state index contributed by atoms with van der Waals surface area (Å²) in [5, 5.41) is 27.2. The Labute approximate surface area is 282 Å². The van der Waals surface area contributed by atoms with Crippen LogP contribution < -0.4 is 10.6 Å². The van der Waals surface area contributed by atoms with Crippen LogP contribution in [0.25, 0.3) is 10.9 Å². The molecule has 0 amide bonds. The Morgan fingerprint density at radius 1 is 1.00 bits per heavy atom. The van der Waals surface area contributed by atoms with E-state index in [2.05, 4.69) is 57.7 Å². The first-order chi connectivity index (χ1) is 22.0. The highest BCUT2D eigenvalue weighted by Crippen LogP contribution is 2.38. The van der Waals surface area contributed by atoms with Crippen molar-refractivity contribution >= 4 is 62.8 Å². The zero-order valence-electron chi connectivity index (χ0n) is 25.5. The number of rotatable bonds is 7. The van der Waals surface area contributed by atoms with E-state index in [9.17, 15) is 9.65 Å². The van der Waals surface area contributed by atoms with E-state index in [0.717, 1.165) is 31.5 Å². The average molecular weight is 678 g/mol. The van der Waals surface area contributed by atoms with Gasteiger partial charge in [-0.25, -0.2) is 9.07 Å². The third kappa shape index (κ3) is 6.62. The standard InChI is InChI=1S/C34H32Cl3FN8/c1-34(2,3)45-13-11-24(12-14-45)46-19-29(43-44-46)32(20-7-9-22(35)10-8-20)42-28-16-23(36)15-25-31(21(17-39)18-40-33(25)28)41-27-6-4-5-26(37)30(27)38/h4-10,15-16,18-19,24,32,42H,11-14H2,1-3H3,(H,40,41)/t32-/m0/s1. The van der Waals surface area contributed by atoms with Gasteiger partial charge in [0.15, 0.2) is 5.82 Å². The molecule has 3 aromatic carbocycles. The molecule has 6 rings (SSSR count). The van der Waals surface area contributed by atoms with E-state index < -0.39 is 11.9 Å². The second kappa shape index (κ2) is 13.0. The molecule has 12 heteroatoms. The number of nitriles is 1.